The molecule has 0 aromatic carbocycles. The number of rotatable bonds is 0. The minimum absolute atomic E-state index is 0.236. The fourth-order valence-electron chi connectivity index (χ4n) is 1.28. The SMILES string of the molecule is O=c1[nH]cnc2c1cnc1ncnn12. The molecule has 3 heterocycles. The van der Waals surface area contributed by atoms with Crippen LogP contribution in [-0.4, -0.2) is 29.5 Å². The molecule has 1 N–H and O–H groups in total. The number of hydrogen-bond donors (Lipinski definition) is 1. The summed E-state index contributed by atoms with van der Waals surface area (Å²) in [5.41, 5.74) is 0.219. The van der Waals surface area contributed by atoms with E-state index in [0.717, 1.165) is 0 Å². The van der Waals surface area contributed by atoms with E-state index in [1.54, 1.807) is 0 Å². The molecule has 0 aliphatic heterocycles. The van der Waals surface area contributed by atoms with Gasteiger partial charge in [0.2, 0.25) is 0 Å². The van der Waals surface area contributed by atoms with Crippen molar-refractivity contribution in [1.82, 2.24) is 29.5 Å². The van der Waals surface area contributed by atoms with Crippen LogP contribution in [0.2, 0.25) is 0 Å². The molecule has 7 heteroatoms. The summed E-state index contributed by atoms with van der Waals surface area (Å²) < 4.78 is 1.42. The minimum atomic E-state index is -0.236. The summed E-state index contributed by atoms with van der Waals surface area (Å²) in [7, 11) is 0. The second-order valence-electron chi connectivity index (χ2n) is 2.70. The second kappa shape index (κ2) is 2.34. The maximum Gasteiger partial charge on any atom is 0.261 e. The molecule has 0 aliphatic carbocycles. The highest BCUT2D eigenvalue weighted by atomic mass is 16.1. The Hall–Kier alpha value is -2.31. The maximum atomic E-state index is 11.3. The molecule has 0 unspecified atom stereocenters. The Bertz CT molecular complexity index is 668. The summed E-state index contributed by atoms with van der Waals surface area (Å²) in [6, 6.07) is 0. The number of hydrogen-bond acceptors (Lipinski definition) is 5. The number of aromatic amines is 1. The highest BCUT2D eigenvalue weighted by molar-refractivity contribution is 5.73. The van der Waals surface area contributed by atoms with Crippen molar-refractivity contribution in [3.63, 3.8) is 0 Å². The van der Waals surface area contributed by atoms with Gasteiger partial charge in [-0.1, -0.05) is 0 Å². The highest BCUT2D eigenvalue weighted by Gasteiger charge is 2.05. The molecular weight excluding hydrogens is 184 g/mol. The van der Waals surface area contributed by atoms with Crippen molar-refractivity contribution in [3.8, 4) is 0 Å². The molecule has 0 aliphatic rings. The molecule has 0 saturated carbocycles. The van der Waals surface area contributed by atoms with E-state index in [2.05, 4.69) is 25.0 Å². The third-order valence-electron chi connectivity index (χ3n) is 1.91. The molecule has 68 valence electrons. The Morgan fingerprint density at radius 1 is 1.29 bits per heavy atom. The number of aromatic nitrogens is 6. The first-order valence-corrected chi connectivity index (χ1v) is 3.88. The third kappa shape index (κ3) is 0.777. The first-order chi connectivity index (χ1) is 6.86. The largest absolute Gasteiger partial charge is 0.312 e. The van der Waals surface area contributed by atoms with Gasteiger partial charge in [0.25, 0.3) is 11.3 Å². The average molecular weight is 188 g/mol. The summed E-state index contributed by atoms with van der Waals surface area (Å²) >= 11 is 0. The minimum Gasteiger partial charge on any atom is -0.312 e. The lowest BCUT2D eigenvalue weighted by atomic mass is 10.4. The Morgan fingerprint density at radius 2 is 2.21 bits per heavy atom. The second-order valence-corrected chi connectivity index (χ2v) is 2.70. The Kier molecular flexibility index (Phi) is 1.19. The van der Waals surface area contributed by atoms with Crippen LogP contribution in [0.15, 0.2) is 23.6 Å². The lowest BCUT2D eigenvalue weighted by Gasteiger charge is -1.95. The third-order valence-corrected chi connectivity index (χ3v) is 1.91. The fourth-order valence-corrected chi connectivity index (χ4v) is 1.28. The molecule has 0 bridgehead atoms. The van der Waals surface area contributed by atoms with E-state index in [1.807, 2.05) is 0 Å². The molecule has 0 fully saturated rings. The van der Waals surface area contributed by atoms with Crippen LogP contribution in [0.1, 0.15) is 0 Å². The van der Waals surface area contributed by atoms with Gasteiger partial charge in [0.1, 0.15) is 11.7 Å². The molecular formula is C7H4N6O. The fraction of sp³-hybridized carbons (Fsp3) is 0. The van der Waals surface area contributed by atoms with Gasteiger partial charge in [-0.25, -0.2) is 9.97 Å². The van der Waals surface area contributed by atoms with E-state index in [1.165, 1.54) is 23.4 Å². The van der Waals surface area contributed by atoms with Gasteiger partial charge < -0.3 is 4.98 Å². The van der Waals surface area contributed by atoms with Crippen molar-refractivity contribution in [2.45, 2.75) is 0 Å². The Balaban J connectivity index is 2.71. The number of H-pyrrole nitrogens is 1. The van der Waals surface area contributed by atoms with Crippen LogP contribution in [0, 0.1) is 0 Å². The predicted molar refractivity (Wildman–Crippen MR) is 46.7 cm³/mol. The van der Waals surface area contributed by atoms with Gasteiger partial charge in [0.15, 0.2) is 5.65 Å². The van der Waals surface area contributed by atoms with E-state index in [9.17, 15) is 4.79 Å². The highest BCUT2D eigenvalue weighted by Crippen LogP contribution is 2.03. The normalized spacial score (nSPS) is 11.1. The summed E-state index contributed by atoms with van der Waals surface area (Å²) in [5.74, 6) is 0.426. The predicted octanol–water partition coefficient (Wildman–Crippen LogP) is -0.639. The molecule has 0 saturated heterocycles. The van der Waals surface area contributed by atoms with Crippen molar-refractivity contribution in [3.05, 3.63) is 29.2 Å². The number of nitrogens with zero attached hydrogens (tertiary/aromatic N) is 5. The quantitative estimate of drug-likeness (QED) is 0.507. The number of fused-ring (bicyclic) bond motifs is 3. The Morgan fingerprint density at radius 3 is 3.14 bits per heavy atom. The van der Waals surface area contributed by atoms with Gasteiger partial charge in [0, 0.05) is 6.20 Å². The summed E-state index contributed by atoms with van der Waals surface area (Å²) in [6.45, 7) is 0. The molecule has 7 nitrogen and oxygen atoms in total. The standard InChI is InChI=1S/C7H4N6O/c14-6-4-1-8-7-11-3-12-13(7)5(4)9-2-10-6/h1-3H,(H,9,10,14). The van der Waals surface area contributed by atoms with E-state index in [4.69, 9.17) is 0 Å². The van der Waals surface area contributed by atoms with Gasteiger partial charge in [-0.3, -0.25) is 4.79 Å². The number of nitrogens with one attached hydrogen (secondary N) is 1. The van der Waals surface area contributed by atoms with Crippen LogP contribution in [0.5, 0.6) is 0 Å². The van der Waals surface area contributed by atoms with Crippen LogP contribution < -0.4 is 5.56 Å². The molecule has 0 atom stereocenters. The average Bonchev–Trinajstić information content (AvgIpc) is 2.66. The van der Waals surface area contributed by atoms with Gasteiger partial charge in [-0.2, -0.15) is 14.6 Å². The monoisotopic (exact) mass is 188 g/mol. The van der Waals surface area contributed by atoms with E-state index in [-0.39, 0.29) is 5.56 Å². The molecule has 0 spiro atoms. The van der Waals surface area contributed by atoms with Crippen LogP contribution >= 0.6 is 0 Å². The van der Waals surface area contributed by atoms with Crippen molar-refractivity contribution < 1.29 is 0 Å². The van der Waals surface area contributed by atoms with Gasteiger partial charge in [-0.05, 0) is 0 Å². The summed E-state index contributed by atoms with van der Waals surface area (Å²) in [4.78, 5) is 25.7. The zero-order valence-electron chi connectivity index (χ0n) is 6.88. The van der Waals surface area contributed by atoms with Crippen LogP contribution in [0.25, 0.3) is 16.8 Å². The summed E-state index contributed by atoms with van der Waals surface area (Å²) in [5, 5.41) is 4.31. The smallest absolute Gasteiger partial charge is 0.261 e. The zero-order chi connectivity index (χ0) is 9.54. The van der Waals surface area contributed by atoms with Crippen molar-refractivity contribution >= 4 is 16.8 Å². The molecule has 3 aromatic rings. The topological polar surface area (TPSA) is 88.8 Å². The molecule has 3 rings (SSSR count). The first-order valence-electron chi connectivity index (χ1n) is 3.88. The van der Waals surface area contributed by atoms with Crippen molar-refractivity contribution in [1.29, 1.82) is 0 Å². The Labute approximate surface area is 76.5 Å². The lowest BCUT2D eigenvalue weighted by molar-refractivity contribution is 0.951. The van der Waals surface area contributed by atoms with Crippen LogP contribution in [-0.2, 0) is 0 Å². The zero-order valence-corrected chi connectivity index (χ0v) is 6.88. The van der Waals surface area contributed by atoms with Crippen molar-refractivity contribution in [2.75, 3.05) is 0 Å². The lowest BCUT2D eigenvalue weighted by Crippen LogP contribution is -2.09. The van der Waals surface area contributed by atoms with Gasteiger partial charge in [-0.15, -0.1) is 0 Å². The van der Waals surface area contributed by atoms with E-state index < -0.39 is 0 Å². The molecule has 0 amide bonds. The van der Waals surface area contributed by atoms with E-state index >= 15 is 0 Å². The molecule has 3 aromatic heterocycles. The van der Waals surface area contributed by atoms with Crippen molar-refractivity contribution in [2.24, 2.45) is 0 Å². The maximum absolute atomic E-state index is 11.3. The van der Waals surface area contributed by atoms with Gasteiger partial charge >= 0.3 is 0 Å². The first kappa shape index (κ1) is 7.13. The summed E-state index contributed by atoms with van der Waals surface area (Å²) in [6.07, 6.45) is 4.13. The van der Waals surface area contributed by atoms with Gasteiger partial charge in [0.05, 0.1) is 6.33 Å². The van der Waals surface area contributed by atoms with Crippen LogP contribution in [0.3, 0.4) is 0 Å². The van der Waals surface area contributed by atoms with Crippen LogP contribution in [0.4, 0.5) is 0 Å². The van der Waals surface area contributed by atoms with E-state index in [0.29, 0.717) is 16.8 Å². The molecule has 14 heavy (non-hydrogen) atoms. The molecule has 0 radical (unpaired) electrons.